The lowest BCUT2D eigenvalue weighted by atomic mass is 10.1. The third-order valence-electron chi connectivity index (χ3n) is 16.6. The summed E-state index contributed by atoms with van der Waals surface area (Å²) < 4.78 is 109. The molecule has 0 aromatic carbocycles. The summed E-state index contributed by atoms with van der Waals surface area (Å²) in [7, 11) is 10.9. The molecule has 0 fully saturated rings. The second-order valence-corrected chi connectivity index (χ2v) is 27.3. The smallest absolute Gasteiger partial charge is 0.315 e. The summed E-state index contributed by atoms with van der Waals surface area (Å²) in [5.41, 5.74) is 0. The van der Waals surface area contributed by atoms with Gasteiger partial charge in [0.1, 0.15) is 177 Å². The number of carbonyl (C=O) groups is 12. The molecule has 0 aliphatic rings. The van der Waals surface area contributed by atoms with Gasteiger partial charge in [-0.25, -0.2) is 54.8 Å². The monoisotopic (exact) mass is 1700 g/mol. The molecule has 5 unspecified atom stereocenters. The summed E-state index contributed by atoms with van der Waals surface area (Å²) in [5.74, 6) is -8.47. The SMILES string of the molecule is CCCC(OCC(COCCOC(=O)CC(=O)NCn1cc[n+](C)c1)OCCOC(=O)CC(=O)NCn1cc[n+](C)c1)C(COCC(COCCOC(=O)CC(=O)NCn1cc[n+](C)c1)OCCOC(=O)CC(=O)NCn1cc[n+](C)c1)OCC(COCCOC(=O)CC(=O)NCn1cc[n+](C)c1)OCCOC(=O)CC(=O)NCn1cc[n+](C)c1. The highest BCUT2D eigenvalue weighted by Crippen LogP contribution is 2.16. The number of imidazole rings is 6. The lowest BCUT2D eigenvalue weighted by Gasteiger charge is -2.31. The zero-order chi connectivity index (χ0) is 86.7. The number of amides is 6. The average molecular weight is 1700 g/mol. The summed E-state index contributed by atoms with van der Waals surface area (Å²) in [6.07, 6.45) is 23.9. The molecule has 0 aliphatic heterocycles. The van der Waals surface area contributed by atoms with Gasteiger partial charge in [0.2, 0.25) is 73.4 Å². The van der Waals surface area contributed by atoms with Crippen LogP contribution < -0.4 is 59.3 Å². The second kappa shape index (κ2) is 56.1. The first kappa shape index (κ1) is 97.4. The molecule has 6 aromatic heterocycles. The van der Waals surface area contributed by atoms with E-state index >= 15 is 0 Å². The van der Waals surface area contributed by atoms with Crippen molar-refractivity contribution < 1.29 is 156 Å². The minimum Gasteiger partial charge on any atom is -0.463 e. The van der Waals surface area contributed by atoms with E-state index in [0.717, 1.165) is 0 Å². The quantitative estimate of drug-likeness (QED) is 0.00680. The molecule has 6 amide bonds. The van der Waals surface area contributed by atoms with Crippen LogP contribution in [0.2, 0.25) is 0 Å². The van der Waals surface area contributed by atoms with Crippen LogP contribution in [0.5, 0.6) is 0 Å². The molecule has 662 valence electrons. The fourth-order valence-electron chi connectivity index (χ4n) is 10.6. The number of carbonyl (C=O) groups excluding carboxylic acids is 12. The maximum absolute atomic E-state index is 12.9. The fourth-order valence-corrected chi connectivity index (χ4v) is 10.6. The third-order valence-corrected chi connectivity index (χ3v) is 16.6. The van der Waals surface area contributed by atoms with Crippen molar-refractivity contribution in [2.24, 2.45) is 42.3 Å². The van der Waals surface area contributed by atoms with Crippen molar-refractivity contribution in [1.82, 2.24) is 59.3 Å². The molecule has 0 saturated carbocycles. The van der Waals surface area contributed by atoms with Crippen molar-refractivity contribution in [3.05, 3.63) is 112 Å². The predicted molar refractivity (Wildman–Crippen MR) is 403 cm³/mol. The molecule has 5 atom stereocenters. The van der Waals surface area contributed by atoms with Crippen LogP contribution in [0, 0.1) is 0 Å². The molecule has 120 heavy (non-hydrogen) atoms. The van der Waals surface area contributed by atoms with Crippen LogP contribution in [0.3, 0.4) is 0 Å². The van der Waals surface area contributed by atoms with Crippen molar-refractivity contribution in [3.63, 3.8) is 0 Å². The predicted octanol–water partition coefficient (Wildman–Crippen LogP) is -6.22. The minimum atomic E-state index is -1.04. The lowest BCUT2D eigenvalue weighted by Crippen LogP contribution is -2.42. The number of hydrogen-bond donors (Lipinski definition) is 6. The van der Waals surface area contributed by atoms with E-state index in [4.69, 9.17) is 71.1 Å². The van der Waals surface area contributed by atoms with Crippen molar-refractivity contribution in [2.75, 3.05) is 126 Å². The van der Waals surface area contributed by atoms with E-state index < -0.39 is 140 Å². The summed E-state index contributed by atoms with van der Waals surface area (Å²) in [4.78, 5) is 153. The van der Waals surface area contributed by atoms with Crippen molar-refractivity contribution in [2.45, 2.75) is 129 Å². The van der Waals surface area contributed by atoms with Gasteiger partial charge in [0.05, 0.1) is 134 Å². The van der Waals surface area contributed by atoms with Crippen LogP contribution in [-0.2, 0) is 211 Å². The second-order valence-electron chi connectivity index (χ2n) is 27.3. The highest BCUT2D eigenvalue weighted by atomic mass is 16.6. The van der Waals surface area contributed by atoms with Crippen LogP contribution in [0.15, 0.2) is 112 Å². The van der Waals surface area contributed by atoms with Crippen molar-refractivity contribution in [3.8, 4) is 0 Å². The largest absolute Gasteiger partial charge is 0.463 e. The molecule has 45 nitrogen and oxygen atoms in total. The maximum Gasteiger partial charge on any atom is 0.315 e. The number of nitrogens with one attached hydrogen (secondary N) is 6. The van der Waals surface area contributed by atoms with Gasteiger partial charge in [-0.05, 0) is 6.42 Å². The summed E-state index contributed by atoms with van der Waals surface area (Å²) in [5, 5.41) is 15.8. The molecule has 0 spiro atoms. The Bertz CT molecular complexity index is 4120. The normalized spacial score (nSPS) is 12.4. The Morgan fingerprint density at radius 3 is 0.708 bits per heavy atom. The van der Waals surface area contributed by atoms with Gasteiger partial charge in [-0.2, -0.15) is 0 Å². The van der Waals surface area contributed by atoms with Gasteiger partial charge in [0, 0.05) is 0 Å². The third kappa shape index (κ3) is 43.8. The molecule has 6 aromatic rings. The number of esters is 6. The van der Waals surface area contributed by atoms with E-state index in [1.54, 1.807) is 167 Å². The van der Waals surface area contributed by atoms with Gasteiger partial charge < -0.3 is 103 Å². The van der Waals surface area contributed by atoms with E-state index in [1.807, 2.05) is 49.2 Å². The lowest BCUT2D eigenvalue weighted by molar-refractivity contribution is -0.671. The van der Waals surface area contributed by atoms with E-state index in [9.17, 15) is 57.5 Å². The fraction of sp³-hybridized carbons (Fsp3) is 0.600. The van der Waals surface area contributed by atoms with Gasteiger partial charge in [-0.1, -0.05) is 13.3 Å². The Morgan fingerprint density at radius 1 is 0.267 bits per heavy atom. The van der Waals surface area contributed by atoms with Crippen molar-refractivity contribution in [1.29, 1.82) is 0 Å². The molecule has 6 heterocycles. The topological polar surface area (TPSA) is 468 Å². The summed E-state index contributed by atoms with van der Waals surface area (Å²) in [6, 6.07) is 0. The number of nitrogens with zero attached hydrogens (tertiary/aromatic N) is 12. The number of rotatable bonds is 64. The zero-order valence-corrected chi connectivity index (χ0v) is 69.0. The molecule has 6 N–H and O–H groups in total. The number of ether oxygens (including phenoxy) is 15. The van der Waals surface area contributed by atoms with Gasteiger partial charge >= 0.3 is 35.8 Å². The standard InChI is InChI=1S/C75H110N18O27/c1-8-9-62(119-44-60(111-29-32-117-74(104)38-68(98)80-51-92-20-14-86(6)57-92)41-107-23-26-114-71(101)35-65(95)77-48-89-17-11-83(3)54-89)63(120-45-61(112-30-33-118-75(105)39-69(99)81-52-93-21-15-87(7)58-93)42-108-24-27-115-72(102)36-66(96)78-49-90-18-12-84(4)55-90)46-109-43-59(110-28-31-116-73(103)37-67(97)79-50-91-19-13-85(5)56-91)40-106-22-25-113-70(100)34-64(94)76-47-88-16-10-82(2)53-88/h10-21,53-63H,8-9,22-52H2,1-7H3/p+6. The highest BCUT2D eigenvalue weighted by Gasteiger charge is 2.29. The molecule has 0 aliphatic carbocycles. The van der Waals surface area contributed by atoms with Crippen LogP contribution >= 0.6 is 0 Å². The molecule has 45 heteroatoms. The molecular weight excluding hydrogens is 1580 g/mol. The summed E-state index contributed by atoms with van der Waals surface area (Å²) in [6.45, 7) is -2.16. The molecule has 0 radical (unpaired) electrons. The van der Waals surface area contributed by atoms with Crippen LogP contribution in [0.25, 0.3) is 0 Å². The maximum atomic E-state index is 12.9. The van der Waals surface area contributed by atoms with E-state index in [0.29, 0.717) is 6.42 Å². The molecule has 0 bridgehead atoms. The Hall–Kier alpha value is -11.5. The first-order chi connectivity index (χ1) is 57.8. The van der Waals surface area contributed by atoms with E-state index in [1.165, 1.54) is 0 Å². The Morgan fingerprint density at radius 2 is 0.483 bits per heavy atom. The first-order valence-electron chi connectivity index (χ1n) is 38.8. The number of hydrogen-bond acceptors (Lipinski definition) is 27. The average Bonchev–Trinajstić information content (AvgIpc) is 1.60. The van der Waals surface area contributed by atoms with E-state index in [-0.39, 0.29) is 172 Å². The van der Waals surface area contributed by atoms with Crippen LogP contribution in [0.4, 0.5) is 0 Å². The Kier molecular flexibility index (Phi) is 45.5. The zero-order valence-electron chi connectivity index (χ0n) is 69.0. The minimum absolute atomic E-state index is 0.0963. The van der Waals surface area contributed by atoms with Crippen molar-refractivity contribution >= 4 is 71.3 Å². The van der Waals surface area contributed by atoms with Gasteiger partial charge in [0.25, 0.3) is 0 Å². The Labute approximate surface area is 693 Å². The van der Waals surface area contributed by atoms with E-state index in [2.05, 4.69) is 31.9 Å². The summed E-state index contributed by atoms with van der Waals surface area (Å²) >= 11 is 0. The van der Waals surface area contributed by atoms with Gasteiger partial charge in [-0.3, -0.25) is 57.5 Å². The number of aryl methyl sites for hydroxylation is 6. The highest BCUT2D eigenvalue weighted by molar-refractivity contribution is 5.96. The first-order valence-corrected chi connectivity index (χ1v) is 38.8. The van der Waals surface area contributed by atoms with Gasteiger partial charge in [0.15, 0.2) is 40.0 Å². The molecule has 0 saturated heterocycles. The van der Waals surface area contributed by atoms with Gasteiger partial charge in [-0.15, -0.1) is 0 Å². The molecular formula is C75H116N18O27+6. The van der Waals surface area contributed by atoms with Crippen LogP contribution in [0.1, 0.15) is 58.3 Å². The number of aromatic nitrogens is 12. The van der Waals surface area contributed by atoms with Crippen LogP contribution in [-0.4, -0.2) is 255 Å². The molecule has 6 rings (SSSR count). The Balaban J connectivity index is 1.17.